The van der Waals surface area contributed by atoms with Gasteiger partial charge in [0.25, 0.3) is 0 Å². The molecule has 1 saturated carbocycles. The average Bonchev–Trinajstić information content (AvgIpc) is 3.19. The fourth-order valence-corrected chi connectivity index (χ4v) is 5.36. The van der Waals surface area contributed by atoms with Crippen LogP contribution in [0.5, 0.6) is 0 Å². The van der Waals surface area contributed by atoms with Gasteiger partial charge in [0.2, 0.25) is 5.91 Å². The molecule has 7 heteroatoms. The number of ether oxygens (including phenoxy) is 1. The zero-order chi connectivity index (χ0) is 24.8. The molecule has 3 N–H and O–H groups in total. The molecule has 1 fully saturated rings. The number of carboxylic acid groups (broad SMARTS) is 1. The van der Waals surface area contributed by atoms with Gasteiger partial charge in [0.1, 0.15) is 6.61 Å². The molecule has 3 atom stereocenters. The van der Waals surface area contributed by atoms with Crippen LogP contribution >= 0.6 is 0 Å². The largest absolute Gasteiger partial charge is 0.481 e. The molecule has 2 aliphatic rings. The molecule has 3 unspecified atom stereocenters. The van der Waals surface area contributed by atoms with Gasteiger partial charge in [-0.25, -0.2) is 4.79 Å². The summed E-state index contributed by atoms with van der Waals surface area (Å²) in [6.07, 6.45) is 3.68. The molecule has 2 aliphatic carbocycles. The predicted octanol–water partition coefficient (Wildman–Crippen LogP) is 4.84. The van der Waals surface area contributed by atoms with Crippen LogP contribution in [0.15, 0.2) is 48.5 Å². The van der Waals surface area contributed by atoms with E-state index in [0.717, 1.165) is 19.3 Å². The molecule has 2 aromatic carbocycles. The van der Waals surface area contributed by atoms with Gasteiger partial charge in [-0.15, -0.1) is 0 Å². The topological polar surface area (TPSA) is 105 Å². The summed E-state index contributed by atoms with van der Waals surface area (Å²) in [7, 11) is 0. The standard InChI is InChI=1S/C28H34N2O5/c1-2-19(14-15-26(31)32)29-27(33)18-8-7-9-20(16-18)30-28(34)35-17-25-23-12-5-3-10-21(23)22-11-4-6-13-24(22)25/h3-6,10-13,18-20,25H,2,7-9,14-17H2,1H3,(H,29,33)(H,30,34)(H,31,32). The lowest BCUT2D eigenvalue weighted by atomic mass is 9.85. The minimum Gasteiger partial charge on any atom is -0.481 e. The van der Waals surface area contributed by atoms with Crippen LogP contribution in [0.25, 0.3) is 11.1 Å². The van der Waals surface area contributed by atoms with Crippen LogP contribution < -0.4 is 10.6 Å². The van der Waals surface area contributed by atoms with Crippen molar-refractivity contribution >= 4 is 18.0 Å². The summed E-state index contributed by atoms with van der Waals surface area (Å²) >= 11 is 0. The number of amides is 2. The first-order valence-electron chi connectivity index (χ1n) is 12.6. The van der Waals surface area contributed by atoms with E-state index in [4.69, 9.17) is 9.84 Å². The third-order valence-electron chi connectivity index (χ3n) is 7.26. The first-order valence-corrected chi connectivity index (χ1v) is 12.6. The average molecular weight is 479 g/mol. The molecule has 186 valence electrons. The van der Waals surface area contributed by atoms with Crippen molar-refractivity contribution in [3.05, 3.63) is 59.7 Å². The van der Waals surface area contributed by atoms with E-state index in [9.17, 15) is 14.4 Å². The molecule has 7 nitrogen and oxygen atoms in total. The highest BCUT2D eigenvalue weighted by atomic mass is 16.5. The highest BCUT2D eigenvalue weighted by Gasteiger charge is 2.31. The van der Waals surface area contributed by atoms with Crippen LogP contribution in [0.1, 0.15) is 68.9 Å². The van der Waals surface area contributed by atoms with Gasteiger partial charge in [-0.1, -0.05) is 61.9 Å². The van der Waals surface area contributed by atoms with Crippen molar-refractivity contribution in [2.24, 2.45) is 5.92 Å². The molecule has 4 rings (SSSR count). The van der Waals surface area contributed by atoms with Gasteiger partial charge in [0, 0.05) is 30.3 Å². The molecule has 35 heavy (non-hydrogen) atoms. The number of fused-ring (bicyclic) bond motifs is 3. The number of carbonyl (C=O) groups is 3. The number of aliphatic carboxylic acids is 1. The van der Waals surface area contributed by atoms with Crippen molar-refractivity contribution in [2.45, 2.75) is 69.9 Å². The van der Waals surface area contributed by atoms with Gasteiger partial charge in [0.15, 0.2) is 0 Å². The van der Waals surface area contributed by atoms with Gasteiger partial charge in [-0.05, 0) is 54.4 Å². The van der Waals surface area contributed by atoms with Crippen LogP contribution in [0.3, 0.4) is 0 Å². The molecule has 0 aliphatic heterocycles. The zero-order valence-corrected chi connectivity index (χ0v) is 20.2. The van der Waals surface area contributed by atoms with Crippen molar-refractivity contribution in [3.8, 4) is 11.1 Å². The highest BCUT2D eigenvalue weighted by Crippen LogP contribution is 2.44. The molecule has 0 saturated heterocycles. The van der Waals surface area contributed by atoms with E-state index in [1.807, 2.05) is 31.2 Å². The minimum absolute atomic E-state index is 0.00908. The lowest BCUT2D eigenvalue weighted by molar-refractivity contribution is -0.137. The summed E-state index contributed by atoms with van der Waals surface area (Å²) in [6.45, 7) is 2.20. The molecular weight excluding hydrogens is 444 g/mol. The summed E-state index contributed by atoms with van der Waals surface area (Å²) in [5, 5.41) is 14.9. The van der Waals surface area contributed by atoms with Crippen molar-refractivity contribution in [3.63, 3.8) is 0 Å². The number of alkyl carbamates (subject to hydrolysis) is 1. The van der Waals surface area contributed by atoms with Crippen LogP contribution in [-0.2, 0) is 14.3 Å². The van der Waals surface area contributed by atoms with Gasteiger partial charge in [-0.3, -0.25) is 9.59 Å². The second kappa shape index (κ2) is 11.4. The fraction of sp³-hybridized carbons (Fsp3) is 0.464. The second-order valence-corrected chi connectivity index (χ2v) is 9.58. The quantitative estimate of drug-likeness (QED) is 0.478. The summed E-state index contributed by atoms with van der Waals surface area (Å²) in [5.74, 6) is -1.10. The maximum atomic E-state index is 12.8. The van der Waals surface area contributed by atoms with Crippen LogP contribution in [0.4, 0.5) is 4.79 Å². The van der Waals surface area contributed by atoms with Crippen molar-refractivity contribution < 1.29 is 24.2 Å². The molecule has 2 amide bonds. The van der Waals surface area contributed by atoms with Gasteiger partial charge in [-0.2, -0.15) is 0 Å². The summed E-state index contributed by atoms with van der Waals surface area (Å²) < 4.78 is 5.67. The van der Waals surface area contributed by atoms with E-state index >= 15 is 0 Å². The first-order chi connectivity index (χ1) is 17.0. The molecule has 2 aromatic rings. The Kier molecular flexibility index (Phi) is 8.06. The number of carboxylic acids is 1. The van der Waals surface area contributed by atoms with Crippen molar-refractivity contribution in [1.82, 2.24) is 10.6 Å². The Morgan fingerprint density at radius 2 is 1.69 bits per heavy atom. The summed E-state index contributed by atoms with van der Waals surface area (Å²) in [6, 6.07) is 16.2. The van der Waals surface area contributed by atoms with E-state index in [1.165, 1.54) is 22.3 Å². The van der Waals surface area contributed by atoms with Gasteiger partial charge >= 0.3 is 12.1 Å². The highest BCUT2D eigenvalue weighted by molar-refractivity contribution is 5.80. The number of hydrogen-bond acceptors (Lipinski definition) is 4. The smallest absolute Gasteiger partial charge is 0.407 e. The normalized spacial score (nSPS) is 19.8. The zero-order valence-electron chi connectivity index (χ0n) is 20.2. The maximum absolute atomic E-state index is 12.8. The Hall–Kier alpha value is -3.35. The van der Waals surface area contributed by atoms with Crippen LogP contribution in [0, 0.1) is 5.92 Å². The first kappa shape index (κ1) is 24.8. The van der Waals surface area contributed by atoms with Gasteiger partial charge < -0.3 is 20.5 Å². The molecule has 0 heterocycles. The van der Waals surface area contributed by atoms with E-state index < -0.39 is 12.1 Å². The third kappa shape index (κ3) is 6.02. The Morgan fingerprint density at radius 1 is 1.03 bits per heavy atom. The number of carbonyl (C=O) groups excluding carboxylic acids is 2. The lowest BCUT2D eigenvalue weighted by Crippen LogP contribution is -2.45. The second-order valence-electron chi connectivity index (χ2n) is 9.58. The predicted molar refractivity (Wildman–Crippen MR) is 133 cm³/mol. The Morgan fingerprint density at radius 3 is 2.31 bits per heavy atom. The maximum Gasteiger partial charge on any atom is 0.407 e. The van der Waals surface area contributed by atoms with E-state index in [1.54, 1.807) is 0 Å². The van der Waals surface area contributed by atoms with Crippen LogP contribution in [-0.4, -0.2) is 41.8 Å². The fourth-order valence-electron chi connectivity index (χ4n) is 5.36. The van der Waals surface area contributed by atoms with E-state index in [2.05, 4.69) is 34.9 Å². The molecular formula is C28H34N2O5. The van der Waals surface area contributed by atoms with E-state index in [0.29, 0.717) is 19.3 Å². The molecule has 0 radical (unpaired) electrons. The summed E-state index contributed by atoms with van der Waals surface area (Å²) in [4.78, 5) is 36.3. The Bertz CT molecular complexity index is 1020. The minimum atomic E-state index is -0.859. The summed E-state index contributed by atoms with van der Waals surface area (Å²) in [5.41, 5.74) is 4.72. The monoisotopic (exact) mass is 478 g/mol. The SMILES string of the molecule is CCC(CCC(=O)O)NC(=O)C1CCCC(NC(=O)OCC2c3ccccc3-c3ccccc32)C1. The van der Waals surface area contributed by atoms with Gasteiger partial charge in [0.05, 0.1) is 0 Å². The Balaban J connectivity index is 1.29. The van der Waals surface area contributed by atoms with Crippen LogP contribution in [0.2, 0.25) is 0 Å². The molecule has 0 aromatic heterocycles. The number of hydrogen-bond donors (Lipinski definition) is 3. The van der Waals surface area contributed by atoms with Crippen molar-refractivity contribution in [2.75, 3.05) is 6.61 Å². The Labute approximate surface area is 206 Å². The van der Waals surface area contributed by atoms with Crippen molar-refractivity contribution in [1.29, 1.82) is 0 Å². The number of rotatable bonds is 9. The number of nitrogens with one attached hydrogen (secondary N) is 2. The molecule has 0 bridgehead atoms. The lowest BCUT2D eigenvalue weighted by Gasteiger charge is -2.30. The molecule has 0 spiro atoms. The number of benzene rings is 2. The third-order valence-corrected chi connectivity index (χ3v) is 7.26. The van der Waals surface area contributed by atoms with E-state index in [-0.39, 0.29) is 42.9 Å².